The lowest BCUT2D eigenvalue weighted by molar-refractivity contribution is 0.974. The predicted octanol–water partition coefficient (Wildman–Crippen LogP) is 2.79. The Kier molecular flexibility index (Phi) is 9.21. The van der Waals surface area contributed by atoms with E-state index in [1.165, 1.54) is 11.8 Å². The fourth-order valence-corrected chi connectivity index (χ4v) is 1.97. The molecule has 0 aromatic carbocycles. The molecule has 0 fully saturated rings. The zero-order valence-corrected chi connectivity index (χ0v) is 14.5. The number of nitrogens with zero attached hydrogens (tertiary/aromatic N) is 1. The Morgan fingerprint density at radius 3 is 2.33 bits per heavy atom. The average Bonchev–Trinajstić information content (AvgIpc) is 2.85. The topological polar surface area (TPSA) is 61.5 Å². The van der Waals surface area contributed by atoms with Crippen LogP contribution in [0.1, 0.15) is 34.6 Å². The summed E-state index contributed by atoms with van der Waals surface area (Å²) in [6, 6.07) is 0. The average molecular weight is 307 g/mol. The van der Waals surface area contributed by atoms with Gasteiger partial charge in [0.15, 0.2) is 5.16 Å². The van der Waals surface area contributed by atoms with Gasteiger partial charge >= 0.3 is 0 Å². The largest absolute Gasteiger partial charge is 0.349 e. The minimum Gasteiger partial charge on any atom is -0.349 e. The molecule has 5 heteroatoms. The van der Waals surface area contributed by atoms with Crippen LogP contribution in [-0.4, -0.2) is 21.2 Å². The van der Waals surface area contributed by atoms with Crippen LogP contribution in [-0.2, 0) is 0 Å². The van der Waals surface area contributed by atoms with Crippen molar-refractivity contribution in [2.24, 2.45) is 0 Å². The highest BCUT2D eigenvalue weighted by Gasteiger charge is 2.06. The van der Waals surface area contributed by atoms with E-state index in [2.05, 4.69) is 21.5 Å². The SMILES string of the molecule is C=c1[nH]c2c(=O)[nH]c(SC)nc2/c1=C/C=C\C.CC.CC. The molecule has 2 heterocycles. The molecule has 0 unspecified atom stereocenters. The molecule has 0 saturated carbocycles. The van der Waals surface area contributed by atoms with Crippen molar-refractivity contribution >= 4 is 35.5 Å². The molecule has 0 radical (unpaired) electrons. The number of nitrogens with one attached hydrogen (secondary N) is 2. The summed E-state index contributed by atoms with van der Waals surface area (Å²) in [4.78, 5) is 21.9. The van der Waals surface area contributed by atoms with Crippen LogP contribution in [0.4, 0.5) is 0 Å². The molecular weight excluding hydrogens is 282 g/mol. The Morgan fingerprint density at radius 2 is 1.81 bits per heavy atom. The summed E-state index contributed by atoms with van der Waals surface area (Å²) in [5.41, 5.74) is 0.981. The van der Waals surface area contributed by atoms with E-state index < -0.39 is 0 Å². The quantitative estimate of drug-likeness (QED) is 0.662. The van der Waals surface area contributed by atoms with Crippen LogP contribution in [0.3, 0.4) is 0 Å². The number of aromatic amines is 2. The molecule has 116 valence electrons. The van der Waals surface area contributed by atoms with E-state index in [0.29, 0.717) is 21.5 Å². The first-order valence-electron chi connectivity index (χ1n) is 7.15. The summed E-state index contributed by atoms with van der Waals surface area (Å²) in [5.74, 6) is 0. The molecule has 0 aliphatic rings. The molecule has 2 aromatic rings. The summed E-state index contributed by atoms with van der Waals surface area (Å²) in [6.07, 6.45) is 7.59. The number of allylic oxidation sites excluding steroid dienone is 2. The highest BCUT2D eigenvalue weighted by molar-refractivity contribution is 7.98. The Morgan fingerprint density at radius 1 is 1.19 bits per heavy atom. The minimum absolute atomic E-state index is 0.163. The van der Waals surface area contributed by atoms with Crippen LogP contribution in [0.5, 0.6) is 0 Å². The van der Waals surface area contributed by atoms with Gasteiger partial charge in [-0.25, -0.2) is 4.98 Å². The molecule has 2 rings (SSSR count). The monoisotopic (exact) mass is 307 g/mol. The maximum atomic E-state index is 11.8. The molecule has 0 amide bonds. The van der Waals surface area contributed by atoms with E-state index >= 15 is 0 Å². The first-order valence-corrected chi connectivity index (χ1v) is 8.37. The normalized spacial score (nSPS) is 11.0. The fraction of sp³-hybridized carbons (Fsp3) is 0.375. The second-order valence-electron chi connectivity index (χ2n) is 3.51. The van der Waals surface area contributed by atoms with Crippen molar-refractivity contribution in [3.8, 4) is 0 Å². The lowest BCUT2D eigenvalue weighted by Crippen LogP contribution is -2.20. The summed E-state index contributed by atoms with van der Waals surface area (Å²) in [6.45, 7) is 13.8. The van der Waals surface area contributed by atoms with Gasteiger partial charge in [-0.2, -0.15) is 0 Å². The number of fused-ring (bicyclic) bond motifs is 1. The maximum Gasteiger partial charge on any atom is 0.275 e. The van der Waals surface area contributed by atoms with Crippen LogP contribution in [0, 0.1) is 0 Å². The van der Waals surface area contributed by atoms with Gasteiger partial charge in [0.2, 0.25) is 0 Å². The van der Waals surface area contributed by atoms with Crippen LogP contribution in [0.25, 0.3) is 23.7 Å². The van der Waals surface area contributed by atoms with E-state index in [1.807, 2.05) is 59.1 Å². The van der Waals surface area contributed by atoms with E-state index in [1.54, 1.807) is 0 Å². The van der Waals surface area contributed by atoms with E-state index in [-0.39, 0.29) is 5.56 Å². The molecule has 2 N–H and O–H groups in total. The van der Waals surface area contributed by atoms with Gasteiger partial charge in [0, 0.05) is 10.6 Å². The zero-order valence-electron chi connectivity index (χ0n) is 13.7. The molecule has 2 aromatic heterocycles. The second-order valence-corrected chi connectivity index (χ2v) is 4.30. The molecule has 0 atom stereocenters. The van der Waals surface area contributed by atoms with Crippen LogP contribution in [0.15, 0.2) is 22.1 Å². The van der Waals surface area contributed by atoms with Gasteiger partial charge in [-0.3, -0.25) is 9.78 Å². The first kappa shape index (κ1) is 19.2. The third-order valence-electron chi connectivity index (χ3n) is 2.40. The van der Waals surface area contributed by atoms with Gasteiger partial charge in [-0.1, -0.05) is 64.3 Å². The summed E-state index contributed by atoms with van der Waals surface area (Å²) >= 11 is 1.41. The number of hydrogen-bond donors (Lipinski definition) is 2. The van der Waals surface area contributed by atoms with Crippen molar-refractivity contribution in [2.45, 2.75) is 39.8 Å². The molecule has 0 bridgehead atoms. The first-order chi connectivity index (χ1) is 10.2. The molecule has 0 aliphatic heterocycles. The summed E-state index contributed by atoms with van der Waals surface area (Å²) < 4.78 is 0. The van der Waals surface area contributed by atoms with E-state index in [9.17, 15) is 4.79 Å². The van der Waals surface area contributed by atoms with Crippen molar-refractivity contribution < 1.29 is 0 Å². The molecular formula is C16H25N3OS. The number of H-pyrrole nitrogens is 2. The number of thioether (sulfide) groups is 1. The van der Waals surface area contributed by atoms with Crippen molar-refractivity contribution in [3.63, 3.8) is 0 Å². The molecule has 0 spiro atoms. The second kappa shape index (κ2) is 10.0. The van der Waals surface area contributed by atoms with Gasteiger partial charge < -0.3 is 4.98 Å². The van der Waals surface area contributed by atoms with Crippen molar-refractivity contribution in [3.05, 3.63) is 33.1 Å². The van der Waals surface area contributed by atoms with Crippen molar-refractivity contribution in [2.75, 3.05) is 6.26 Å². The Balaban J connectivity index is 0.000000921. The lowest BCUT2D eigenvalue weighted by Gasteiger charge is -1.94. The highest BCUT2D eigenvalue weighted by atomic mass is 32.2. The van der Waals surface area contributed by atoms with Gasteiger partial charge in [-0.05, 0) is 13.2 Å². The van der Waals surface area contributed by atoms with Gasteiger partial charge in [0.25, 0.3) is 5.56 Å². The van der Waals surface area contributed by atoms with Crippen LogP contribution < -0.4 is 16.1 Å². The molecule has 0 saturated heterocycles. The number of rotatable bonds is 2. The molecule has 4 nitrogen and oxygen atoms in total. The standard InChI is InChI=1S/C12H13N3OS.2C2H6/c1-4-5-6-8-7(2)13-10-9(8)14-12(17-3)15-11(10)16;2*1-2/h4-6,13H,2H2,1,3H3,(H,14,15,16);2*1-2H3/b5-4-,8-6+;;. The lowest BCUT2D eigenvalue weighted by atomic mass is 10.3. The van der Waals surface area contributed by atoms with Crippen molar-refractivity contribution in [1.29, 1.82) is 0 Å². The van der Waals surface area contributed by atoms with E-state index in [4.69, 9.17) is 0 Å². The Labute approximate surface area is 130 Å². The maximum absolute atomic E-state index is 11.8. The molecule has 21 heavy (non-hydrogen) atoms. The predicted molar refractivity (Wildman–Crippen MR) is 95.2 cm³/mol. The van der Waals surface area contributed by atoms with E-state index in [0.717, 1.165) is 5.22 Å². The van der Waals surface area contributed by atoms with Crippen LogP contribution in [0.2, 0.25) is 0 Å². The number of aromatic nitrogens is 3. The molecule has 0 aliphatic carbocycles. The van der Waals surface area contributed by atoms with Gasteiger partial charge in [0.1, 0.15) is 11.0 Å². The third kappa shape index (κ3) is 4.63. The summed E-state index contributed by atoms with van der Waals surface area (Å²) in [5, 5.41) is 2.17. The number of hydrogen-bond acceptors (Lipinski definition) is 3. The minimum atomic E-state index is -0.163. The van der Waals surface area contributed by atoms with Gasteiger partial charge in [-0.15, -0.1) is 0 Å². The Hall–Kier alpha value is -1.75. The van der Waals surface area contributed by atoms with Crippen molar-refractivity contribution in [1.82, 2.24) is 15.0 Å². The van der Waals surface area contributed by atoms with Crippen LogP contribution >= 0.6 is 11.8 Å². The highest BCUT2D eigenvalue weighted by Crippen LogP contribution is 2.06. The Bertz CT molecular complexity index is 741. The summed E-state index contributed by atoms with van der Waals surface area (Å²) in [7, 11) is 0. The fourth-order valence-electron chi connectivity index (χ4n) is 1.59. The third-order valence-corrected chi connectivity index (χ3v) is 2.98. The zero-order chi connectivity index (χ0) is 16.4. The smallest absolute Gasteiger partial charge is 0.275 e. The van der Waals surface area contributed by atoms with Gasteiger partial charge in [0.05, 0.1) is 0 Å².